The molecular weight excluding hydrogens is 328 g/mol. The Morgan fingerprint density at radius 3 is 2.41 bits per heavy atom. The highest BCUT2D eigenvalue weighted by Crippen LogP contribution is 2.28. The molecule has 0 radical (unpaired) electrons. The van der Waals surface area contributed by atoms with E-state index in [0.29, 0.717) is 21.9 Å². The highest BCUT2D eigenvalue weighted by Gasteiger charge is 2.16. The average molecular weight is 342 g/mol. The van der Waals surface area contributed by atoms with Gasteiger partial charge in [-0.1, -0.05) is 23.2 Å². The lowest BCUT2D eigenvalue weighted by Gasteiger charge is -2.16. The molecule has 0 aliphatic rings. The van der Waals surface area contributed by atoms with Crippen LogP contribution in [0.5, 0.6) is 5.75 Å². The Balaban J connectivity index is 2.15. The highest BCUT2D eigenvalue weighted by molar-refractivity contribution is 6.35. The van der Waals surface area contributed by atoms with Crippen molar-refractivity contribution in [3.05, 3.63) is 63.4 Å². The summed E-state index contributed by atoms with van der Waals surface area (Å²) in [5, 5.41) is 3.01. The van der Waals surface area contributed by atoms with E-state index in [-0.39, 0.29) is 10.9 Å². The maximum atomic E-state index is 13.5. The number of hydrogen-bond donors (Lipinski definition) is 1. The SMILES string of the molecule is COc1ccc(C(=O)N[C@H](C)c2cc(F)c(Cl)cc2Cl)cc1. The number of carbonyl (C=O) groups excluding carboxylic acids is 1. The lowest BCUT2D eigenvalue weighted by Crippen LogP contribution is -2.26. The first-order valence-electron chi connectivity index (χ1n) is 6.51. The summed E-state index contributed by atoms with van der Waals surface area (Å²) >= 11 is 11.7. The second kappa shape index (κ2) is 6.99. The summed E-state index contributed by atoms with van der Waals surface area (Å²) in [6, 6.07) is 8.75. The zero-order chi connectivity index (χ0) is 16.3. The van der Waals surface area contributed by atoms with E-state index >= 15 is 0 Å². The normalized spacial score (nSPS) is 11.9. The van der Waals surface area contributed by atoms with Crippen LogP contribution in [0.4, 0.5) is 4.39 Å². The fourth-order valence-electron chi connectivity index (χ4n) is 1.97. The maximum Gasteiger partial charge on any atom is 0.251 e. The minimum atomic E-state index is -0.577. The molecule has 0 saturated carbocycles. The van der Waals surface area contributed by atoms with Gasteiger partial charge in [-0.3, -0.25) is 4.79 Å². The molecule has 0 unspecified atom stereocenters. The largest absolute Gasteiger partial charge is 0.497 e. The first-order chi connectivity index (χ1) is 10.4. The molecule has 0 aliphatic carbocycles. The molecule has 0 aliphatic heterocycles. The molecule has 1 amide bonds. The summed E-state index contributed by atoms with van der Waals surface area (Å²) in [6.07, 6.45) is 0. The van der Waals surface area contributed by atoms with Crippen LogP contribution in [0.25, 0.3) is 0 Å². The van der Waals surface area contributed by atoms with Crippen molar-refractivity contribution < 1.29 is 13.9 Å². The molecule has 0 heterocycles. The number of amides is 1. The molecule has 0 spiro atoms. The smallest absolute Gasteiger partial charge is 0.251 e. The summed E-state index contributed by atoms with van der Waals surface area (Å²) < 4.78 is 18.6. The van der Waals surface area contributed by atoms with E-state index in [1.54, 1.807) is 38.3 Å². The van der Waals surface area contributed by atoms with Crippen LogP contribution in [0.15, 0.2) is 36.4 Å². The Morgan fingerprint density at radius 2 is 1.82 bits per heavy atom. The van der Waals surface area contributed by atoms with Crippen molar-refractivity contribution in [1.82, 2.24) is 5.32 Å². The number of hydrogen-bond acceptors (Lipinski definition) is 2. The van der Waals surface area contributed by atoms with Gasteiger partial charge in [0.1, 0.15) is 11.6 Å². The van der Waals surface area contributed by atoms with Gasteiger partial charge in [-0.15, -0.1) is 0 Å². The first kappa shape index (κ1) is 16.6. The zero-order valence-corrected chi connectivity index (χ0v) is 13.5. The van der Waals surface area contributed by atoms with Crippen molar-refractivity contribution in [2.24, 2.45) is 0 Å². The van der Waals surface area contributed by atoms with Crippen LogP contribution in [0.3, 0.4) is 0 Å². The predicted molar refractivity (Wildman–Crippen MR) is 85.3 cm³/mol. The van der Waals surface area contributed by atoms with Crippen LogP contribution in [-0.2, 0) is 0 Å². The molecule has 3 nitrogen and oxygen atoms in total. The second-order valence-corrected chi connectivity index (χ2v) is 5.53. The Morgan fingerprint density at radius 1 is 1.18 bits per heavy atom. The molecule has 1 N–H and O–H groups in total. The summed E-state index contributed by atoms with van der Waals surface area (Å²) in [5.41, 5.74) is 0.934. The van der Waals surface area contributed by atoms with Crippen LogP contribution in [0.1, 0.15) is 28.9 Å². The Hall–Kier alpha value is -1.78. The first-order valence-corrected chi connectivity index (χ1v) is 7.27. The van der Waals surface area contributed by atoms with Crippen LogP contribution in [0.2, 0.25) is 10.0 Å². The van der Waals surface area contributed by atoms with Gasteiger partial charge in [-0.25, -0.2) is 4.39 Å². The number of nitrogens with one attached hydrogen (secondary N) is 1. The number of halogens is 3. The minimum absolute atomic E-state index is 0.0533. The lowest BCUT2D eigenvalue weighted by molar-refractivity contribution is 0.0940. The fraction of sp³-hybridized carbons (Fsp3) is 0.188. The highest BCUT2D eigenvalue weighted by atomic mass is 35.5. The Kier molecular flexibility index (Phi) is 5.27. The number of ether oxygens (including phenoxy) is 1. The molecule has 6 heteroatoms. The molecular formula is C16H14Cl2FNO2. The van der Waals surface area contributed by atoms with Crippen LogP contribution >= 0.6 is 23.2 Å². The Labute approximate surface area is 138 Å². The third-order valence-corrected chi connectivity index (χ3v) is 3.82. The van der Waals surface area contributed by atoms with Gasteiger partial charge in [0.25, 0.3) is 5.91 Å². The van der Waals surface area contributed by atoms with Gasteiger partial charge in [0, 0.05) is 10.6 Å². The molecule has 22 heavy (non-hydrogen) atoms. The van der Waals surface area contributed by atoms with Crippen molar-refractivity contribution >= 4 is 29.1 Å². The summed E-state index contributed by atoms with van der Waals surface area (Å²) in [7, 11) is 1.55. The number of benzene rings is 2. The van der Waals surface area contributed by atoms with E-state index in [1.807, 2.05) is 0 Å². The maximum absolute atomic E-state index is 13.5. The minimum Gasteiger partial charge on any atom is -0.497 e. The molecule has 116 valence electrons. The van der Waals surface area contributed by atoms with Crippen LogP contribution in [-0.4, -0.2) is 13.0 Å². The molecule has 2 rings (SSSR count). The molecule has 2 aromatic carbocycles. The van der Waals surface area contributed by atoms with Crippen molar-refractivity contribution in [2.75, 3.05) is 7.11 Å². The van der Waals surface area contributed by atoms with Gasteiger partial charge >= 0.3 is 0 Å². The standard InChI is InChI=1S/C16H14Cl2FNO2/c1-9(12-7-15(19)14(18)8-13(12)17)20-16(21)10-3-5-11(22-2)6-4-10/h3-9H,1-2H3,(H,20,21)/t9-/m1/s1. The Bertz CT molecular complexity index is 689. The summed E-state index contributed by atoms with van der Waals surface area (Å²) in [4.78, 5) is 12.2. The van der Waals surface area contributed by atoms with Gasteiger partial charge < -0.3 is 10.1 Å². The van der Waals surface area contributed by atoms with Crippen molar-refractivity contribution in [1.29, 1.82) is 0 Å². The van der Waals surface area contributed by atoms with E-state index in [4.69, 9.17) is 27.9 Å². The van der Waals surface area contributed by atoms with E-state index < -0.39 is 11.9 Å². The predicted octanol–water partition coefficient (Wildman–Crippen LogP) is 4.63. The van der Waals surface area contributed by atoms with Crippen LogP contribution in [0, 0.1) is 5.82 Å². The molecule has 0 aromatic heterocycles. The fourth-order valence-corrected chi connectivity index (χ4v) is 2.52. The van der Waals surface area contributed by atoms with Crippen molar-refractivity contribution in [3.63, 3.8) is 0 Å². The average Bonchev–Trinajstić information content (AvgIpc) is 2.50. The topological polar surface area (TPSA) is 38.3 Å². The number of methoxy groups -OCH3 is 1. The zero-order valence-electron chi connectivity index (χ0n) is 12.0. The van der Waals surface area contributed by atoms with Gasteiger partial charge in [-0.05, 0) is 48.9 Å². The van der Waals surface area contributed by atoms with Crippen molar-refractivity contribution in [3.8, 4) is 5.75 Å². The summed E-state index contributed by atoms with van der Waals surface area (Å²) in [5.74, 6) is -0.208. The third kappa shape index (κ3) is 3.70. The summed E-state index contributed by atoms with van der Waals surface area (Å²) in [6.45, 7) is 1.72. The quantitative estimate of drug-likeness (QED) is 0.823. The van der Waals surface area contributed by atoms with E-state index in [0.717, 1.165) is 0 Å². The monoisotopic (exact) mass is 341 g/mol. The molecule has 1 atom stereocenters. The molecule has 2 aromatic rings. The van der Waals surface area contributed by atoms with E-state index in [9.17, 15) is 9.18 Å². The van der Waals surface area contributed by atoms with Crippen LogP contribution < -0.4 is 10.1 Å². The van der Waals surface area contributed by atoms with Gasteiger partial charge in [0.05, 0.1) is 18.2 Å². The second-order valence-electron chi connectivity index (χ2n) is 4.71. The molecule has 0 fully saturated rings. The van der Waals surface area contributed by atoms with Gasteiger partial charge in [0.15, 0.2) is 0 Å². The number of carbonyl (C=O) groups is 1. The van der Waals surface area contributed by atoms with E-state index in [2.05, 4.69) is 5.32 Å². The molecule has 0 bridgehead atoms. The van der Waals surface area contributed by atoms with Crippen molar-refractivity contribution in [2.45, 2.75) is 13.0 Å². The number of rotatable bonds is 4. The van der Waals surface area contributed by atoms with Gasteiger partial charge in [0.2, 0.25) is 0 Å². The van der Waals surface area contributed by atoms with E-state index in [1.165, 1.54) is 12.1 Å². The third-order valence-electron chi connectivity index (χ3n) is 3.21. The lowest BCUT2D eigenvalue weighted by atomic mass is 10.1. The molecule has 0 saturated heterocycles. The van der Waals surface area contributed by atoms with Gasteiger partial charge in [-0.2, -0.15) is 0 Å².